The summed E-state index contributed by atoms with van der Waals surface area (Å²) in [5.41, 5.74) is 8.21. The predicted molar refractivity (Wildman–Crippen MR) is 89.5 cm³/mol. The Kier molecular flexibility index (Phi) is 5.79. The Labute approximate surface area is 137 Å². The molecule has 0 saturated carbocycles. The summed E-state index contributed by atoms with van der Waals surface area (Å²) in [5.74, 6) is -0.188. The van der Waals surface area contributed by atoms with Crippen molar-refractivity contribution in [2.24, 2.45) is 5.73 Å². The smallest absolute Gasteiger partial charge is 0.253 e. The highest BCUT2D eigenvalue weighted by Crippen LogP contribution is 2.21. The molecule has 0 aromatic heterocycles. The van der Waals surface area contributed by atoms with Gasteiger partial charge in [0.1, 0.15) is 0 Å². The van der Waals surface area contributed by atoms with E-state index in [1.165, 1.54) is 5.56 Å². The third-order valence-electron chi connectivity index (χ3n) is 3.08. The highest BCUT2D eigenvalue weighted by Gasteiger charge is 2.10. The topological polar surface area (TPSA) is 55.1 Å². The number of nitrogens with two attached hydrogens (primary N) is 1. The van der Waals surface area contributed by atoms with E-state index >= 15 is 0 Å². The van der Waals surface area contributed by atoms with Crippen molar-refractivity contribution in [3.8, 4) is 0 Å². The minimum Gasteiger partial charge on any atom is -0.348 e. The Morgan fingerprint density at radius 2 is 1.81 bits per heavy atom. The number of carbonyl (C=O) groups excluding carboxylic acids is 1. The van der Waals surface area contributed by atoms with Crippen molar-refractivity contribution in [1.82, 2.24) is 5.32 Å². The molecule has 110 valence electrons. The van der Waals surface area contributed by atoms with Crippen molar-refractivity contribution in [3.05, 3.63) is 68.7 Å². The summed E-state index contributed by atoms with van der Waals surface area (Å²) in [4.78, 5) is 12.1. The van der Waals surface area contributed by atoms with Crippen LogP contribution in [0.1, 0.15) is 21.5 Å². The molecule has 0 bridgehead atoms. The van der Waals surface area contributed by atoms with E-state index in [0.29, 0.717) is 23.7 Å². The molecule has 0 atom stereocenters. The molecule has 0 aliphatic rings. The van der Waals surface area contributed by atoms with Crippen molar-refractivity contribution in [2.45, 2.75) is 13.0 Å². The summed E-state index contributed by atoms with van der Waals surface area (Å²) in [6, 6.07) is 13.3. The number of rotatable bonds is 5. The average Bonchev–Trinajstić information content (AvgIpc) is 2.49. The van der Waals surface area contributed by atoms with Crippen molar-refractivity contribution in [2.75, 3.05) is 6.54 Å². The van der Waals surface area contributed by atoms with Gasteiger partial charge in [-0.05, 0) is 42.3 Å². The van der Waals surface area contributed by atoms with Crippen LogP contribution >= 0.6 is 27.5 Å². The van der Waals surface area contributed by atoms with Crippen molar-refractivity contribution in [1.29, 1.82) is 0 Å². The minimum absolute atomic E-state index is 0.188. The molecule has 0 spiro atoms. The van der Waals surface area contributed by atoms with E-state index in [-0.39, 0.29) is 5.91 Å². The molecule has 0 aliphatic heterocycles. The van der Waals surface area contributed by atoms with Gasteiger partial charge < -0.3 is 11.1 Å². The molecular weight excluding hydrogens is 352 g/mol. The number of carbonyl (C=O) groups is 1. The first-order valence-corrected chi connectivity index (χ1v) is 7.78. The SMILES string of the molecule is NCCc1ccc(CNC(=O)c2cc(Br)ccc2Cl)cc1. The first-order valence-electron chi connectivity index (χ1n) is 6.61. The van der Waals surface area contributed by atoms with Gasteiger partial charge in [-0.2, -0.15) is 0 Å². The molecule has 21 heavy (non-hydrogen) atoms. The Morgan fingerprint density at radius 3 is 2.48 bits per heavy atom. The summed E-state index contributed by atoms with van der Waals surface area (Å²) in [6.07, 6.45) is 0.861. The van der Waals surface area contributed by atoms with E-state index in [4.69, 9.17) is 17.3 Å². The molecule has 5 heteroatoms. The fourth-order valence-electron chi connectivity index (χ4n) is 1.94. The zero-order valence-corrected chi connectivity index (χ0v) is 13.7. The van der Waals surface area contributed by atoms with Crippen molar-refractivity contribution in [3.63, 3.8) is 0 Å². The zero-order chi connectivity index (χ0) is 15.2. The summed E-state index contributed by atoms with van der Waals surface area (Å²) >= 11 is 9.37. The van der Waals surface area contributed by atoms with Crippen LogP contribution < -0.4 is 11.1 Å². The van der Waals surface area contributed by atoms with E-state index in [1.807, 2.05) is 24.3 Å². The van der Waals surface area contributed by atoms with Gasteiger partial charge in [-0.15, -0.1) is 0 Å². The molecule has 3 nitrogen and oxygen atoms in total. The van der Waals surface area contributed by atoms with E-state index in [2.05, 4.69) is 21.2 Å². The molecule has 0 fully saturated rings. The molecule has 0 aliphatic carbocycles. The highest BCUT2D eigenvalue weighted by atomic mass is 79.9. The molecular formula is C16H16BrClN2O. The molecule has 2 aromatic rings. The monoisotopic (exact) mass is 366 g/mol. The molecule has 0 unspecified atom stereocenters. The Hall–Kier alpha value is -1.36. The van der Waals surface area contributed by atoms with E-state index in [0.717, 1.165) is 16.5 Å². The maximum absolute atomic E-state index is 12.1. The lowest BCUT2D eigenvalue weighted by molar-refractivity contribution is 0.0951. The van der Waals surface area contributed by atoms with Crippen LogP contribution in [0.15, 0.2) is 46.9 Å². The highest BCUT2D eigenvalue weighted by molar-refractivity contribution is 9.10. The van der Waals surface area contributed by atoms with E-state index in [1.54, 1.807) is 18.2 Å². The first kappa shape index (κ1) is 16.0. The van der Waals surface area contributed by atoms with Gasteiger partial charge in [-0.3, -0.25) is 4.79 Å². The van der Waals surface area contributed by atoms with Crippen LogP contribution in [0, 0.1) is 0 Å². The number of nitrogens with one attached hydrogen (secondary N) is 1. The van der Waals surface area contributed by atoms with Crippen LogP contribution in [-0.2, 0) is 13.0 Å². The Balaban J connectivity index is 1.99. The second-order valence-corrected chi connectivity index (χ2v) is 5.98. The molecule has 0 saturated heterocycles. The molecule has 2 aromatic carbocycles. The lowest BCUT2D eigenvalue weighted by Gasteiger charge is -2.08. The van der Waals surface area contributed by atoms with Crippen LogP contribution in [0.3, 0.4) is 0 Å². The van der Waals surface area contributed by atoms with Gasteiger partial charge >= 0.3 is 0 Å². The van der Waals surface area contributed by atoms with Gasteiger partial charge in [0, 0.05) is 11.0 Å². The molecule has 2 rings (SSSR count). The van der Waals surface area contributed by atoms with E-state index < -0.39 is 0 Å². The largest absolute Gasteiger partial charge is 0.348 e. The normalized spacial score (nSPS) is 10.4. The maximum atomic E-state index is 12.1. The third-order valence-corrected chi connectivity index (χ3v) is 3.90. The lowest BCUT2D eigenvalue weighted by Crippen LogP contribution is -2.23. The molecule has 1 amide bonds. The number of halogens is 2. The summed E-state index contributed by atoms with van der Waals surface area (Å²) in [6.45, 7) is 1.10. The Bertz CT molecular complexity index is 629. The van der Waals surface area contributed by atoms with Crippen LogP contribution in [0.2, 0.25) is 5.02 Å². The third kappa shape index (κ3) is 4.56. The van der Waals surface area contributed by atoms with Gasteiger partial charge in [-0.1, -0.05) is 51.8 Å². The van der Waals surface area contributed by atoms with Gasteiger partial charge in [-0.25, -0.2) is 0 Å². The molecule has 3 N–H and O–H groups in total. The quantitative estimate of drug-likeness (QED) is 0.849. The lowest BCUT2D eigenvalue weighted by atomic mass is 10.1. The zero-order valence-electron chi connectivity index (χ0n) is 11.4. The van der Waals surface area contributed by atoms with Crippen molar-refractivity contribution < 1.29 is 4.79 Å². The second-order valence-electron chi connectivity index (χ2n) is 4.66. The Morgan fingerprint density at radius 1 is 1.14 bits per heavy atom. The fraction of sp³-hybridized carbons (Fsp3) is 0.188. The average molecular weight is 368 g/mol. The van der Waals surface area contributed by atoms with Crippen LogP contribution in [-0.4, -0.2) is 12.5 Å². The number of benzene rings is 2. The maximum Gasteiger partial charge on any atom is 0.253 e. The van der Waals surface area contributed by atoms with Crippen molar-refractivity contribution >= 4 is 33.4 Å². The van der Waals surface area contributed by atoms with Crippen LogP contribution in [0.4, 0.5) is 0 Å². The number of hydrogen-bond acceptors (Lipinski definition) is 2. The van der Waals surface area contributed by atoms with Gasteiger partial charge in [0.2, 0.25) is 0 Å². The standard InChI is InChI=1S/C16H16BrClN2O/c17-13-5-6-15(18)14(9-13)16(21)20-10-12-3-1-11(2-4-12)7-8-19/h1-6,9H,7-8,10,19H2,(H,20,21). The predicted octanol–water partition coefficient (Wildman–Crippen LogP) is 3.53. The minimum atomic E-state index is -0.188. The van der Waals surface area contributed by atoms with E-state index in [9.17, 15) is 4.79 Å². The molecule has 0 radical (unpaired) electrons. The van der Waals surface area contributed by atoms with Gasteiger partial charge in [0.05, 0.1) is 10.6 Å². The van der Waals surface area contributed by atoms with Crippen LogP contribution in [0.25, 0.3) is 0 Å². The summed E-state index contributed by atoms with van der Waals surface area (Å²) in [7, 11) is 0. The first-order chi connectivity index (χ1) is 10.1. The van der Waals surface area contributed by atoms with Crippen LogP contribution in [0.5, 0.6) is 0 Å². The number of hydrogen-bond donors (Lipinski definition) is 2. The van der Waals surface area contributed by atoms with Gasteiger partial charge in [0.15, 0.2) is 0 Å². The summed E-state index contributed by atoms with van der Waals surface area (Å²) in [5, 5.41) is 3.30. The molecule has 0 heterocycles. The number of amides is 1. The fourth-order valence-corrected chi connectivity index (χ4v) is 2.50. The second kappa shape index (κ2) is 7.59. The van der Waals surface area contributed by atoms with Gasteiger partial charge in [0.25, 0.3) is 5.91 Å². The summed E-state index contributed by atoms with van der Waals surface area (Å²) < 4.78 is 0.822.